The molecule has 29 heavy (non-hydrogen) atoms. The highest BCUT2D eigenvalue weighted by Gasteiger charge is 2.32. The van der Waals surface area contributed by atoms with Crippen molar-refractivity contribution in [3.8, 4) is 11.5 Å². The summed E-state index contributed by atoms with van der Waals surface area (Å²) < 4.78 is 12.9. The number of hydrogen-bond donors (Lipinski definition) is 0. The van der Waals surface area contributed by atoms with Crippen molar-refractivity contribution >= 4 is 79.8 Å². The summed E-state index contributed by atoms with van der Waals surface area (Å²) in [4.78, 5) is 19.9. The van der Waals surface area contributed by atoms with Gasteiger partial charge in [0.2, 0.25) is 0 Å². The molecule has 0 unspecified atom stereocenters. The number of methoxy groups -OCH3 is 1. The quantitative estimate of drug-likeness (QED) is 0.293. The van der Waals surface area contributed by atoms with E-state index < -0.39 is 0 Å². The number of hydrogen-bond acceptors (Lipinski definition) is 5. The van der Waals surface area contributed by atoms with Crippen molar-refractivity contribution in [1.82, 2.24) is 4.90 Å². The van der Waals surface area contributed by atoms with Crippen LogP contribution in [-0.2, 0) is 4.79 Å². The Hall–Kier alpha value is -1.27. The second-order valence-electron chi connectivity index (χ2n) is 6.00. The fourth-order valence-corrected chi connectivity index (χ4v) is 5.92. The first-order chi connectivity index (χ1) is 14.0. The van der Waals surface area contributed by atoms with E-state index in [1.807, 2.05) is 56.3 Å². The molecule has 1 saturated heterocycles. The van der Waals surface area contributed by atoms with Gasteiger partial charge in [0.1, 0.15) is 11.5 Å². The summed E-state index contributed by atoms with van der Waals surface area (Å²) >= 11 is 5.93. The van der Waals surface area contributed by atoms with Gasteiger partial charge in [-0.15, -0.1) is 0 Å². The maximum atomic E-state index is 12.9. The molecule has 1 aliphatic rings. The molecular formula is C21H20I2N2O3S. The minimum absolute atomic E-state index is 0.0244. The van der Waals surface area contributed by atoms with Crippen LogP contribution in [0.4, 0.5) is 5.69 Å². The Morgan fingerprint density at radius 3 is 2.34 bits per heavy atom. The molecule has 0 atom stereocenters. The molecule has 0 spiro atoms. The Balaban J connectivity index is 1.91. The van der Waals surface area contributed by atoms with Gasteiger partial charge in [0, 0.05) is 6.54 Å². The Kier molecular flexibility index (Phi) is 7.85. The van der Waals surface area contributed by atoms with Gasteiger partial charge in [-0.3, -0.25) is 9.69 Å². The van der Waals surface area contributed by atoms with Crippen molar-refractivity contribution in [1.29, 1.82) is 0 Å². The Morgan fingerprint density at radius 2 is 1.79 bits per heavy atom. The third-order valence-corrected chi connectivity index (χ3v) is 6.72. The molecule has 1 heterocycles. The van der Waals surface area contributed by atoms with E-state index in [1.54, 1.807) is 12.0 Å². The van der Waals surface area contributed by atoms with Crippen LogP contribution in [0.3, 0.4) is 0 Å². The summed E-state index contributed by atoms with van der Waals surface area (Å²) in [6.45, 7) is 5.11. The maximum Gasteiger partial charge on any atom is 0.266 e. The van der Waals surface area contributed by atoms with Crippen molar-refractivity contribution < 1.29 is 14.3 Å². The molecule has 0 bridgehead atoms. The molecular weight excluding hydrogens is 614 g/mol. The minimum Gasteiger partial charge on any atom is -0.497 e. The third-order valence-electron chi connectivity index (χ3n) is 4.11. The van der Waals surface area contributed by atoms with Crippen LogP contribution in [-0.4, -0.2) is 36.2 Å². The Bertz CT molecular complexity index is 951. The van der Waals surface area contributed by atoms with Crippen molar-refractivity contribution in [2.75, 3.05) is 20.3 Å². The summed E-state index contributed by atoms with van der Waals surface area (Å²) in [6, 6.07) is 11.5. The molecule has 0 radical (unpaired) electrons. The summed E-state index contributed by atoms with van der Waals surface area (Å²) in [7, 11) is 1.63. The predicted molar refractivity (Wildman–Crippen MR) is 136 cm³/mol. The van der Waals surface area contributed by atoms with Crippen molar-refractivity contribution in [3.63, 3.8) is 0 Å². The van der Waals surface area contributed by atoms with Gasteiger partial charge in [0.15, 0.2) is 5.17 Å². The first-order valence-electron chi connectivity index (χ1n) is 9.02. The lowest BCUT2D eigenvalue weighted by molar-refractivity contribution is -0.122. The molecule has 2 aromatic rings. The maximum absolute atomic E-state index is 12.9. The van der Waals surface area contributed by atoms with E-state index in [1.165, 1.54) is 11.8 Å². The standard InChI is InChI=1S/C21H20I2N2O3S/c1-4-25-20(26)18(12-13-10-16(22)19(28-5-2)17(23)11-13)29-21(25)24-14-6-8-15(27-3)9-7-14/h6-12H,4-5H2,1-3H3/b18-12+,24-21?. The zero-order chi connectivity index (χ0) is 21.0. The molecule has 1 amide bonds. The number of thioether (sulfide) groups is 1. The van der Waals surface area contributed by atoms with Crippen molar-refractivity contribution in [2.24, 2.45) is 4.99 Å². The number of halogens is 2. The van der Waals surface area contributed by atoms with Gasteiger partial charge < -0.3 is 9.47 Å². The third kappa shape index (κ3) is 5.26. The van der Waals surface area contributed by atoms with Gasteiger partial charge in [-0.25, -0.2) is 4.99 Å². The number of ether oxygens (including phenoxy) is 2. The van der Waals surface area contributed by atoms with Gasteiger partial charge in [0.05, 0.1) is 31.4 Å². The average Bonchev–Trinajstić information content (AvgIpc) is 2.99. The van der Waals surface area contributed by atoms with E-state index in [-0.39, 0.29) is 5.91 Å². The molecule has 1 aliphatic heterocycles. The number of likely N-dealkylation sites (N-methyl/N-ethyl adjacent to an activating group) is 1. The highest BCUT2D eigenvalue weighted by Crippen LogP contribution is 2.36. The summed E-state index contributed by atoms with van der Waals surface area (Å²) in [5.41, 5.74) is 1.76. The highest BCUT2D eigenvalue weighted by molar-refractivity contribution is 14.1. The number of amidine groups is 1. The van der Waals surface area contributed by atoms with E-state index in [0.717, 1.165) is 29.9 Å². The van der Waals surface area contributed by atoms with Gasteiger partial charge in [-0.1, -0.05) is 0 Å². The predicted octanol–water partition coefficient (Wildman–Crippen LogP) is 5.93. The number of benzene rings is 2. The molecule has 0 N–H and O–H groups in total. The van der Waals surface area contributed by atoms with Gasteiger partial charge >= 0.3 is 0 Å². The van der Waals surface area contributed by atoms with Crippen molar-refractivity contribution in [2.45, 2.75) is 13.8 Å². The van der Waals surface area contributed by atoms with Crippen LogP contribution >= 0.6 is 56.9 Å². The molecule has 2 aromatic carbocycles. The lowest BCUT2D eigenvalue weighted by Gasteiger charge is -2.12. The molecule has 3 rings (SSSR count). The first-order valence-corrected chi connectivity index (χ1v) is 12.0. The normalized spacial score (nSPS) is 16.7. The number of rotatable bonds is 6. The summed E-state index contributed by atoms with van der Waals surface area (Å²) in [5.74, 6) is 1.64. The fourth-order valence-electron chi connectivity index (χ4n) is 2.73. The average molecular weight is 634 g/mol. The van der Waals surface area contributed by atoms with Crippen LogP contribution in [0.1, 0.15) is 19.4 Å². The van der Waals surface area contributed by atoms with E-state index >= 15 is 0 Å². The van der Waals surface area contributed by atoms with Crippen molar-refractivity contribution in [3.05, 3.63) is 54.0 Å². The van der Waals surface area contributed by atoms with Crippen LogP contribution in [0.25, 0.3) is 6.08 Å². The number of nitrogens with zero attached hydrogens (tertiary/aromatic N) is 2. The second-order valence-corrected chi connectivity index (χ2v) is 9.33. The largest absolute Gasteiger partial charge is 0.497 e. The van der Waals surface area contributed by atoms with E-state index in [4.69, 9.17) is 9.47 Å². The number of carbonyl (C=O) groups excluding carboxylic acids is 1. The number of aliphatic imine (C=N–C) groups is 1. The smallest absolute Gasteiger partial charge is 0.266 e. The molecule has 5 nitrogen and oxygen atoms in total. The summed E-state index contributed by atoms with van der Waals surface area (Å²) in [5, 5.41) is 0.684. The zero-order valence-electron chi connectivity index (χ0n) is 16.2. The van der Waals surface area contributed by atoms with E-state index in [0.29, 0.717) is 23.2 Å². The lowest BCUT2D eigenvalue weighted by atomic mass is 10.2. The highest BCUT2D eigenvalue weighted by atomic mass is 127. The van der Waals surface area contributed by atoms with Crippen LogP contribution in [0.2, 0.25) is 0 Å². The molecule has 152 valence electrons. The number of carbonyl (C=O) groups is 1. The molecule has 0 saturated carbocycles. The molecule has 0 aromatic heterocycles. The van der Waals surface area contributed by atoms with E-state index in [2.05, 4.69) is 50.2 Å². The lowest BCUT2D eigenvalue weighted by Crippen LogP contribution is -2.28. The monoisotopic (exact) mass is 634 g/mol. The minimum atomic E-state index is -0.0244. The molecule has 1 fully saturated rings. The fraction of sp³-hybridized carbons (Fsp3) is 0.238. The van der Waals surface area contributed by atoms with Crippen LogP contribution in [0, 0.1) is 7.14 Å². The topological polar surface area (TPSA) is 51.1 Å². The second kappa shape index (κ2) is 10.2. The van der Waals surface area contributed by atoms with Gasteiger partial charge in [-0.2, -0.15) is 0 Å². The number of amides is 1. The SMILES string of the molecule is CCOc1c(I)cc(/C=C2/SC(=Nc3ccc(OC)cc3)N(CC)C2=O)cc1I. The molecule has 0 aliphatic carbocycles. The van der Waals surface area contributed by atoms with Crippen LogP contribution in [0.5, 0.6) is 11.5 Å². The Labute approximate surface area is 202 Å². The van der Waals surface area contributed by atoms with Crippen LogP contribution in [0.15, 0.2) is 46.3 Å². The summed E-state index contributed by atoms with van der Waals surface area (Å²) in [6.07, 6.45) is 1.92. The van der Waals surface area contributed by atoms with Crippen LogP contribution < -0.4 is 9.47 Å². The molecule has 8 heteroatoms. The zero-order valence-corrected chi connectivity index (χ0v) is 21.4. The first kappa shape index (κ1) is 22.4. The van der Waals surface area contributed by atoms with Gasteiger partial charge in [-0.05, 0) is 119 Å². The Morgan fingerprint density at radius 1 is 1.14 bits per heavy atom. The van der Waals surface area contributed by atoms with Gasteiger partial charge in [0.25, 0.3) is 5.91 Å². The van der Waals surface area contributed by atoms with E-state index in [9.17, 15) is 4.79 Å².